The van der Waals surface area contributed by atoms with Gasteiger partial charge in [-0.05, 0) is 61.1 Å². The summed E-state index contributed by atoms with van der Waals surface area (Å²) in [4.78, 5) is 18.1. The molecule has 1 fully saturated rings. The van der Waals surface area contributed by atoms with Crippen molar-refractivity contribution in [3.63, 3.8) is 0 Å². The van der Waals surface area contributed by atoms with Crippen molar-refractivity contribution in [2.75, 3.05) is 13.1 Å². The molecule has 1 N–H and O–H groups in total. The maximum Gasteiger partial charge on any atom is 0.357 e. The van der Waals surface area contributed by atoms with Crippen molar-refractivity contribution in [3.05, 3.63) is 101 Å². The number of hydrogen-bond acceptors (Lipinski definition) is 5. The third kappa shape index (κ3) is 5.96. The molecular formula is C27H29NO4. The Balaban J connectivity index is 1.25. The first-order valence-corrected chi connectivity index (χ1v) is 11.0. The zero-order valence-electron chi connectivity index (χ0n) is 18.3. The van der Waals surface area contributed by atoms with E-state index in [0.29, 0.717) is 31.0 Å². The normalized spacial score (nSPS) is 18.8. The molecule has 2 unspecified atom stereocenters. The summed E-state index contributed by atoms with van der Waals surface area (Å²) in [5.41, 5.74) is 3.99. The molecular weight excluding hydrogens is 402 g/mol. The molecule has 4 rings (SSSR count). The van der Waals surface area contributed by atoms with Gasteiger partial charge in [-0.1, -0.05) is 60.2 Å². The smallest absolute Gasteiger partial charge is 0.357 e. The predicted octanol–water partition coefficient (Wildman–Crippen LogP) is 4.57. The van der Waals surface area contributed by atoms with Crippen molar-refractivity contribution in [2.24, 2.45) is 5.92 Å². The van der Waals surface area contributed by atoms with Gasteiger partial charge in [0, 0.05) is 6.54 Å². The Labute approximate surface area is 189 Å². The summed E-state index contributed by atoms with van der Waals surface area (Å²) in [6.07, 6.45) is 1.06. The van der Waals surface area contributed by atoms with Gasteiger partial charge in [0.2, 0.25) is 0 Å². The van der Waals surface area contributed by atoms with Gasteiger partial charge in [-0.3, -0.25) is 0 Å². The molecule has 1 heterocycles. The van der Waals surface area contributed by atoms with E-state index < -0.39 is 12.1 Å². The third-order valence-corrected chi connectivity index (χ3v) is 5.85. The predicted molar refractivity (Wildman–Crippen MR) is 123 cm³/mol. The maximum atomic E-state index is 12.5. The fourth-order valence-electron chi connectivity index (χ4n) is 3.90. The molecule has 0 aliphatic carbocycles. The number of carbonyl (C=O) groups is 1. The van der Waals surface area contributed by atoms with Crippen molar-refractivity contribution < 1.29 is 19.5 Å². The van der Waals surface area contributed by atoms with Crippen molar-refractivity contribution >= 4 is 5.97 Å². The van der Waals surface area contributed by atoms with E-state index in [4.69, 9.17) is 9.57 Å². The van der Waals surface area contributed by atoms with Crippen molar-refractivity contribution in [1.29, 1.82) is 0 Å². The van der Waals surface area contributed by atoms with Crippen LogP contribution in [0.2, 0.25) is 0 Å². The second-order valence-electron chi connectivity index (χ2n) is 8.37. The lowest BCUT2D eigenvalue weighted by Crippen LogP contribution is -2.45. The highest BCUT2D eigenvalue weighted by Crippen LogP contribution is 2.23. The molecule has 5 nitrogen and oxygen atoms in total. The number of aliphatic hydroxyl groups excluding tert-OH is 1. The van der Waals surface area contributed by atoms with Crippen LogP contribution >= 0.6 is 0 Å². The van der Waals surface area contributed by atoms with Crippen LogP contribution in [0.4, 0.5) is 0 Å². The third-order valence-electron chi connectivity index (χ3n) is 5.85. The molecule has 0 aromatic heterocycles. The summed E-state index contributed by atoms with van der Waals surface area (Å²) < 4.78 is 5.76. The first kappa shape index (κ1) is 22.1. The van der Waals surface area contributed by atoms with E-state index in [1.807, 2.05) is 30.3 Å². The molecule has 0 saturated carbocycles. The fraction of sp³-hybridized carbons (Fsp3) is 0.296. The van der Waals surface area contributed by atoms with Crippen molar-refractivity contribution in [2.45, 2.75) is 32.5 Å². The van der Waals surface area contributed by atoms with Crippen LogP contribution in [-0.4, -0.2) is 35.3 Å². The quantitative estimate of drug-likeness (QED) is 0.594. The van der Waals surface area contributed by atoms with E-state index in [-0.39, 0.29) is 5.92 Å². The Bertz CT molecular complexity index is 1000. The summed E-state index contributed by atoms with van der Waals surface area (Å²) in [6, 6.07) is 25.3. The number of nitrogens with zero attached hydrogens (tertiary/aromatic N) is 1. The van der Waals surface area contributed by atoms with Crippen LogP contribution in [0.15, 0.2) is 78.9 Å². The Morgan fingerprint density at radius 2 is 1.69 bits per heavy atom. The van der Waals surface area contributed by atoms with E-state index in [1.54, 1.807) is 29.3 Å². The number of hydrogen-bond donors (Lipinski definition) is 1. The Morgan fingerprint density at radius 3 is 2.38 bits per heavy atom. The minimum atomic E-state index is -0.536. The van der Waals surface area contributed by atoms with Crippen LogP contribution in [0.25, 0.3) is 0 Å². The summed E-state index contributed by atoms with van der Waals surface area (Å²) in [6.45, 7) is 3.47. The average molecular weight is 432 g/mol. The summed E-state index contributed by atoms with van der Waals surface area (Å²) in [7, 11) is 0. The van der Waals surface area contributed by atoms with Gasteiger partial charge in [-0.2, -0.15) is 0 Å². The SMILES string of the molecule is Cc1ccc(CC2CCN(OC(=O)c3ccc(OCc4ccccc4)cc3)CC2O)cc1. The molecule has 2 atom stereocenters. The van der Waals surface area contributed by atoms with Gasteiger partial charge in [0.15, 0.2) is 0 Å². The molecule has 1 saturated heterocycles. The first-order valence-electron chi connectivity index (χ1n) is 11.0. The van der Waals surface area contributed by atoms with Crippen LogP contribution < -0.4 is 4.74 Å². The first-order chi connectivity index (χ1) is 15.6. The molecule has 166 valence electrons. The van der Waals surface area contributed by atoms with Gasteiger partial charge in [0.05, 0.1) is 18.2 Å². The number of aliphatic hydroxyl groups is 1. The van der Waals surface area contributed by atoms with Crippen molar-refractivity contribution in [1.82, 2.24) is 5.06 Å². The summed E-state index contributed by atoms with van der Waals surface area (Å²) >= 11 is 0. The number of β-amino-alcohol motifs (C(OH)–C–C–N with tert-alkyl or cyclic N) is 1. The Morgan fingerprint density at radius 1 is 0.969 bits per heavy atom. The van der Waals surface area contributed by atoms with Gasteiger partial charge in [-0.25, -0.2) is 4.79 Å². The molecule has 0 amide bonds. The lowest BCUT2D eigenvalue weighted by molar-refractivity contribution is -0.154. The van der Waals surface area contributed by atoms with Crippen LogP contribution in [0.5, 0.6) is 5.75 Å². The lowest BCUT2D eigenvalue weighted by atomic mass is 9.88. The second-order valence-corrected chi connectivity index (χ2v) is 8.37. The number of rotatable bonds is 7. The number of ether oxygens (including phenoxy) is 1. The van der Waals surface area contributed by atoms with Crippen LogP contribution in [0, 0.1) is 12.8 Å². The van der Waals surface area contributed by atoms with Gasteiger partial charge < -0.3 is 14.7 Å². The van der Waals surface area contributed by atoms with E-state index >= 15 is 0 Å². The maximum absolute atomic E-state index is 12.5. The average Bonchev–Trinajstić information content (AvgIpc) is 2.82. The minimum Gasteiger partial charge on any atom is -0.489 e. The number of hydroxylamine groups is 2. The highest BCUT2D eigenvalue weighted by molar-refractivity contribution is 5.89. The number of carbonyl (C=O) groups excluding carboxylic acids is 1. The monoisotopic (exact) mass is 431 g/mol. The molecule has 0 spiro atoms. The van der Waals surface area contributed by atoms with Gasteiger partial charge in [0.25, 0.3) is 0 Å². The zero-order chi connectivity index (χ0) is 22.3. The van der Waals surface area contributed by atoms with E-state index in [2.05, 4.69) is 31.2 Å². The number of benzene rings is 3. The molecule has 32 heavy (non-hydrogen) atoms. The van der Waals surface area contributed by atoms with E-state index in [9.17, 15) is 9.90 Å². The number of piperidine rings is 1. The molecule has 0 radical (unpaired) electrons. The van der Waals surface area contributed by atoms with Gasteiger partial charge in [0.1, 0.15) is 12.4 Å². The fourth-order valence-corrected chi connectivity index (χ4v) is 3.90. The summed E-state index contributed by atoms with van der Waals surface area (Å²) in [5.74, 6) is 0.426. The molecule has 3 aromatic carbocycles. The van der Waals surface area contributed by atoms with E-state index in [1.165, 1.54) is 11.1 Å². The zero-order valence-corrected chi connectivity index (χ0v) is 18.3. The molecule has 3 aromatic rings. The van der Waals surface area contributed by atoms with Gasteiger partial charge >= 0.3 is 5.97 Å². The Hall–Kier alpha value is -3.15. The minimum absolute atomic E-state index is 0.161. The molecule has 0 bridgehead atoms. The van der Waals surface area contributed by atoms with Crippen LogP contribution in [-0.2, 0) is 17.9 Å². The second kappa shape index (κ2) is 10.4. The van der Waals surface area contributed by atoms with Crippen molar-refractivity contribution in [3.8, 4) is 5.75 Å². The molecule has 1 aliphatic rings. The molecule has 1 aliphatic heterocycles. The van der Waals surface area contributed by atoms with Crippen LogP contribution in [0.1, 0.15) is 33.5 Å². The Kier molecular flexibility index (Phi) is 7.20. The molecule has 5 heteroatoms. The lowest BCUT2D eigenvalue weighted by Gasteiger charge is -2.34. The number of aryl methyl sites for hydroxylation is 1. The summed E-state index contributed by atoms with van der Waals surface area (Å²) in [5, 5.41) is 12.1. The highest BCUT2D eigenvalue weighted by atomic mass is 16.7. The largest absolute Gasteiger partial charge is 0.489 e. The van der Waals surface area contributed by atoms with E-state index in [0.717, 1.165) is 18.4 Å². The van der Waals surface area contributed by atoms with Crippen LogP contribution in [0.3, 0.4) is 0 Å². The highest BCUT2D eigenvalue weighted by Gasteiger charge is 2.30. The standard InChI is InChI=1S/C27H29NO4/c1-20-7-9-21(10-8-20)17-24-15-16-28(18-26(24)29)32-27(30)23-11-13-25(14-12-23)31-19-22-5-3-2-4-6-22/h2-14,24,26,29H,15-19H2,1H3. The topological polar surface area (TPSA) is 59.0 Å². The van der Waals surface area contributed by atoms with Gasteiger partial charge in [-0.15, -0.1) is 5.06 Å².